The van der Waals surface area contributed by atoms with E-state index in [0.29, 0.717) is 5.92 Å². The van der Waals surface area contributed by atoms with Crippen molar-refractivity contribution in [3.05, 3.63) is 23.3 Å². The lowest BCUT2D eigenvalue weighted by atomic mass is 9.65. The minimum Gasteiger partial charge on any atom is -0.359 e. The number of carbonyl (C=O) groups excluding carboxylic acids is 1. The molecule has 2 unspecified atom stereocenters. The fraction of sp³-hybridized carbons (Fsp3) is 0.737. The molecular weight excluding hydrogens is 302 g/mol. The van der Waals surface area contributed by atoms with Gasteiger partial charge in [0.25, 0.3) is 5.91 Å². The molecule has 5 heteroatoms. The van der Waals surface area contributed by atoms with Gasteiger partial charge in [0.2, 0.25) is 0 Å². The first-order valence-electron chi connectivity index (χ1n) is 9.11. The number of hydrazine groups is 1. The van der Waals surface area contributed by atoms with E-state index in [-0.39, 0.29) is 29.1 Å². The van der Waals surface area contributed by atoms with Gasteiger partial charge in [-0.15, -0.1) is 0 Å². The van der Waals surface area contributed by atoms with Gasteiger partial charge in [-0.25, -0.2) is 5.43 Å². The Hall–Kier alpha value is -1.17. The Kier molecular flexibility index (Phi) is 4.62. The Morgan fingerprint density at radius 2 is 2.12 bits per heavy atom. The second-order valence-corrected chi connectivity index (χ2v) is 8.42. The van der Waals surface area contributed by atoms with E-state index in [1.807, 2.05) is 19.9 Å². The number of ether oxygens (including phenoxy) is 1. The first-order valence-corrected chi connectivity index (χ1v) is 9.11. The minimum atomic E-state index is -0.254. The van der Waals surface area contributed by atoms with E-state index < -0.39 is 0 Å². The van der Waals surface area contributed by atoms with Crippen LogP contribution < -0.4 is 16.2 Å². The summed E-state index contributed by atoms with van der Waals surface area (Å²) in [6, 6.07) is 0.222. The summed E-state index contributed by atoms with van der Waals surface area (Å²) in [5.74, 6) is 0.622. The van der Waals surface area contributed by atoms with Gasteiger partial charge in [-0.1, -0.05) is 24.6 Å². The van der Waals surface area contributed by atoms with Crippen molar-refractivity contribution in [3.63, 3.8) is 0 Å². The molecule has 3 aliphatic rings. The third-order valence-electron chi connectivity index (χ3n) is 5.56. The Labute approximate surface area is 145 Å². The quantitative estimate of drug-likeness (QED) is 0.694. The second kappa shape index (κ2) is 6.28. The van der Waals surface area contributed by atoms with Crippen LogP contribution in [-0.2, 0) is 9.53 Å². The van der Waals surface area contributed by atoms with E-state index in [0.717, 1.165) is 31.4 Å². The van der Waals surface area contributed by atoms with Gasteiger partial charge in [-0.05, 0) is 58.8 Å². The summed E-state index contributed by atoms with van der Waals surface area (Å²) in [6.45, 7) is 11.1. The van der Waals surface area contributed by atoms with Crippen LogP contribution in [0.1, 0.15) is 53.9 Å². The van der Waals surface area contributed by atoms with Gasteiger partial charge in [0.05, 0.1) is 6.61 Å². The summed E-state index contributed by atoms with van der Waals surface area (Å²) in [7, 11) is 0. The zero-order chi connectivity index (χ0) is 17.5. The van der Waals surface area contributed by atoms with Gasteiger partial charge in [-0.2, -0.15) is 0 Å². The molecule has 2 fully saturated rings. The molecule has 1 saturated carbocycles. The molecular formula is C19H31N3O2. The summed E-state index contributed by atoms with van der Waals surface area (Å²) in [4.78, 5) is 12.5. The molecule has 24 heavy (non-hydrogen) atoms. The second-order valence-electron chi connectivity index (χ2n) is 8.42. The minimum absolute atomic E-state index is 0.0120. The van der Waals surface area contributed by atoms with E-state index >= 15 is 0 Å². The Morgan fingerprint density at radius 1 is 1.38 bits per heavy atom. The Bertz CT molecular complexity index is 579. The average Bonchev–Trinajstić information content (AvgIpc) is 2.81. The molecule has 3 rings (SSSR count). The maximum Gasteiger partial charge on any atom is 0.261 e. The van der Waals surface area contributed by atoms with Gasteiger partial charge in [0.15, 0.2) is 0 Å². The van der Waals surface area contributed by atoms with E-state index in [1.54, 1.807) is 0 Å². The van der Waals surface area contributed by atoms with Gasteiger partial charge >= 0.3 is 0 Å². The van der Waals surface area contributed by atoms with E-state index in [2.05, 4.69) is 43.0 Å². The summed E-state index contributed by atoms with van der Waals surface area (Å²) in [6.07, 6.45) is 7.40. The molecule has 2 aliphatic carbocycles. The highest BCUT2D eigenvalue weighted by Gasteiger charge is 2.49. The number of fused-ring (bicyclic) bond motifs is 1. The Balaban J connectivity index is 1.73. The fourth-order valence-corrected chi connectivity index (χ4v) is 4.33. The predicted octanol–water partition coefficient (Wildman–Crippen LogP) is 2.41. The molecule has 1 amide bonds. The molecule has 1 heterocycles. The van der Waals surface area contributed by atoms with Crippen molar-refractivity contribution in [1.29, 1.82) is 0 Å². The third kappa shape index (κ3) is 3.44. The van der Waals surface area contributed by atoms with Crippen molar-refractivity contribution in [2.45, 2.75) is 71.2 Å². The van der Waals surface area contributed by atoms with Gasteiger partial charge in [0.1, 0.15) is 5.72 Å². The van der Waals surface area contributed by atoms with Crippen molar-refractivity contribution >= 4 is 5.91 Å². The first kappa shape index (κ1) is 17.6. The SMILES string of the molecule is CC(C)NNC(=O)C1=CC=C2CC[C@@]3(COC(C)(C)N3)CC2C1C. The van der Waals surface area contributed by atoms with Crippen molar-refractivity contribution < 1.29 is 9.53 Å². The molecule has 1 aliphatic heterocycles. The van der Waals surface area contributed by atoms with E-state index in [1.165, 1.54) is 5.57 Å². The van der Waals surface area contributed by atoms with Crippen LogP contribution in [-0.4, -0.2) is 29.8 Å². The zero-order valence-corrected chi connectivity index (χ0v) is 15.5. The predicted molar refractivity (Wildman–Crippen MR) is 95.0 cm³/mol. The first-order chi connectivity index (χ1) is 11.2. The van der Waals surface area contributed by atoms with Crippen LogP contribution in [0.5, 0.6) is 0 Å². The molecule has 0 aromatic carbocycles. The van der Waals surface area contributed by atoms with Crippen molar-refractivity contribution in [3.8, 4) is 0 Å². The molecule has 3 N–H and O–H groups in total. The van der Waals surface area contributed by atoms with E-state index in [4.69, 9.17) is 4.74 Å². The topological polar surface area (TPSA) is 62.4 Å². The lowest BCUT2D eigenvalue weighted by Crippen LogP contribution is -2.53. The largest absolute Gasteiger partial charge is 0.359 e. The normalized spacial score (nSPS) is 34.8. The van der Waals surface area contributed by atoms with Gasteiger partial charge < -0.3 is 4.74 Å². The fourth-order valence-electron chi connectivity index (χ4n) is 4.33. The highest BCUT2D eigenvalue weighted by atomic mass is 16.5. The van der Waals surface area contributed by atoms with Crippen LogP contribution in [0.4, 0.5) is 0 Å². The van der Waals surface area contributed by atoms with Crippen LogP contribution >= 0.6 is 0 Å². The molecule has 134 valence electrons. The molecule has 0 aromatic rings. The summed E-state index contributed by atoms with van der Waals surface area (Å²) >= 11 is 0. The number of hydrogen-bond donors (Lipinski definition) is 3. The number of hydrogen-bond acceptors (Lipinski definition) is 4. The number of allylic oxidation sites excluding steroid dienone is 3. The van der Waals surface area contributed by atoms with Crippen LogP contribution in [0.2, 0.25) is 0 Å². The highest BCUT2D eigenvalue weighted by Crippen LogP contribution is 2.46. The zero-order valence-electron chi connectivity index (χ0n) is 15.5. The molecule has 1 saturated heterocycles. The molecule has 5 nitrogen and oxygen atoms in total. The third-order valence-corrected chi connectivity index (χ3v) is 5.56. The number of rotatable bonds is 3. The monoisotopic (exact) mass is 333 g/mol. The number of nitrogens with one attached hydrogen (secondary N) is 3. The standard InChI is InChI=1S/C19H31N3O2/c1-12(2)20-21-17(23)15-7-6-14-8-9-19(10-16(14)13(15)3)11-24-18(4,5)22-19/h6-7,12-13,16,20,22H,8-11H2,1-5H3,(H,21,23)/t13?,16?,19-/m0/s1. The number of amides is 1. The molecule has 3 atom stereocenters. The molecule has 0 aromatic heterocycles. The van der Waals surface area contributed by atoms with Crippen LogP contribution in [0, 0.1) is 11.8 Å². The highest BCUT2D eigenvalue weighted by molar-refractivity contribution is 5.94. The van der Waals surface area contributed by atoms with Crippen LogP contribution in [0.15, 0.2) is 23.3 Å². The molecule has 0 radical (unpaired) electrons. The maximum absolute atomic E-state index is 12.5. The summed E-state index contributed by atoms with van der Waals surface area (Å²) in [5.41, 5.74) is 7.97. The molecule has 1 spiro atoms. The van der Waals surface area contributed by atoms with Crippen molar-refractivity contribution in [2.24, 2.45) is 11.8 Å². The average molecular weight is 333 g/mol. The lowest BCUT2D eigenvalue weighted by Gasteiger charge is -2.43. The smallest absolute Gasteiger partial charge is 0.261 e. The molecule has 0 bridgehead atoms. The van der Waals surface area contributed by atoms with Gasteiger partial charge in [0, 0.05) is 17.2 Å². The Morgan fingerprint density at radius 3 is 2.75 bits per heavy atom. The summed E-state index contributed by atoms with van der Waals surface area (Å²) < 4.78 is 5.95. The van der Waals surface area contributed by atoms with Crippen LogP contribution in [0.3, 0.4) is 0 Å². The maximum atomic E-state index is 12.5. The van der Waals surface area contributed by atoms with Gasteiger partial charge in [-0.3, -0.25) is 15.5 Å². The van der Waals surface area contributed by atoms with Crippen LogP contribution in [0.25, 0.3) is 0 Å². The van der Waals surface area contributed by atoms with Crippen molar-refractivity contribution in [2.75, 3.05) is 6.61 Å². The summed E-state index contributed by atoms with van der Waals surface area (Å²) in [5, 5.41) is 3.70. The number of carbonyl (C=O) groups is 1. The van der Waals surface area contributed by atoms with E-state index in [9.17, 15) is 4.79 Å². The van der Waals surface area contributed by atoms with Crippen molar-refractivity contribution in [1.82, 2.24) is 16.2 Å². The lowest BCUT2D eigenvalue weighted by molar-refractivity contribution is -0.119.